The van der Waals surface area contributed by atoms with Gasteiger partial charge in [-0.15, -0.1) is 23.2 Å². The predicted octanol–water partition coefficient (Wildman–Crippen LogP) is 1.64. The highest BCUT2D eigenvalue weighted by atomic mass is 35.5. The van der Waals surface area contributed by atoms with Gasteiger partial charge in [-0.25, -0.2) is 0 Å². The minimum absolute atomic E-state index is 0.156. The molecular weight excluding hydrogens is 435 g/mol. The van der Waals surface area contributed by atoms with Gasteiger partial charge in [-0.3, -0.25) is 24.1 Å². The lowest BCUT2D eigenvalue weighted by molar-refractivity contribution is -0.154. The molecule has 6 atom stereocenters. The number of likely N-dealkylation sites (tertiary alicyclic amines) is 1. The van der Waals surface area contributed by atoms with Gasteiger partial charge in [0.15, 0.2) is 6.61 Å². The summed E-state index contributed by atoms with van der Waals surface area (Å²) in [4.78, 5) is 50.4. The number of benzene rings is 1. The quantitative estimate of drug-likeness (QED) is 0.398. The van der Waals surface area contributed by atoms with Gasteiger partial charge in [0.1, 0.15) is 12.3 Å². The Kier molecular flexibility index (Phi) is 5.63. The first-order valence-corrected chi connectivity index (χ1v) is 10.4. The van der Waals surface area contributed by atoms with Crippen LogP contribution in [0.2, 0.25) is 0 Å². The highest BCUT2D eigenvalue weighted by Crippen LogP contribution is 2.59. The molecule has 3 amide bonds. The molecule has 3 fully saturated rings. The molecule has 0 aromatic heterocycles. The Labute approximate surface area is 182 Å². The van der Waals surface area contributed by atoms with Gasteiger partial charge in [0, 0.05) is 5.69 Å². The molecule has 2 saturated carbocycles. The van der Waals surface area contributed by atoms with Crippen molar-refractivity contribution in [2.45, 2.75) is 17.2 Å². The second-order valence-electron chi connectivity index (χ2n) is 7.70. The summed E-state index contributed by atoms with van der Waals surface area (Å²) in [6, 6.07) is 6.63. The lowest BCUT2D eigenvalue weighted by atomic mass is 9.80. The summed E-state index contributed by atoms with van der Waals surface area (Å²) in [7, 11) is 1.53. The summed E-state index contributed by atoms with van der Waals surface area (Å²) in [5, 5.41) is 1.86. The lowest BCUT2D eigenvalue weighted by Gasteiger charge is -2.28. The summed E-state index contributed by atoms with van der Waals surface area (Å²) >= 11 is 12.6. The molecule has 160 valence electrons. The molecular formula is C20H20Cl2N2O6. The monoisotopic (exact) mass is 454 g/mol. The van der Waals surface area contributed by atoms with Crippen molar-refractivity contribution in [2.75, 3.05) is 25.6 Å². The SMILES string of the molecule is COc1ccc(NC(=O)COC(=O)CN2C(=O)[C@@H]3[C@H]4C[C@@H]([C@H](Cl)[C@H]4Cl)[C@@H]3C2=O)cc1. The molecule has 1 saturated heterocycles. The second kappa shape index (κ2) is 8.07. The Morgan fingerprint density at radius 2 is 1.63 bits per heavy atom. The molecule has 0 unspecified atom stereocenters. The molecule has 0 spiro atoms. The molecule has 0 radical (unpaired) electrons. The van der Waals surface area contributed by atoms with Crippen LogP contribution in [0.25, 0.3) is 0 Å². The number of methoxy groups -OCH3 is 1. The smallest absolute Gasteiger partial charge is 0.326 e. The fourth-order valence-electron chi connectivity index (χ4n) is 4.76. The first-order valence-electron chi connectivity index (χ1n) is 9.54. The Balaban J connectivity index is 1.29. The summed E-state index contributed by atoms with van der Waals surface area (Å²) in [6.45, 7) is -1.06. The van der Waals surface area contributed by atoms with Crippen LogP contribution >= 0.6 is 23.2 Å². The van der Waals surface area contributed by atoms with Crippen LogP contribution in [0.4, 0.5) is 5.69 Å². The maximum absolute atomic E-state index is 12.7. The molecule has 2 aliphatic carbocycles. The van der Waals surface area contributed by atoms with Crippen LogP contribution in [-0.2, 0) is 23.9 Å². The Morgan fingerprint density at radius 1 is 1.07 bits per heavy atom. The van der Waals surface area contributed by atoms with Crippen LogP contribution < -0.4 is 10.1 Å². The summed E-state index contributed by atoms with van der Waals surface area (Å²) < 4.78 is 9.97. The standard InChI is InChI=1S/C20H20Cl2N2O6/c1-29-10-4-2-9(3-5-10)23-13(25)8-30-14(26)7-24-19(27)15-11-6-12(16(15)20(24)28)18(22)17(11)21/h2-5,11-12,15-18H,6-8H2,1H3,(H,23,25)/t11-,12-,15-,16+,17+,18+/m1/s1. The number of hydrogen-bond donors (Lipinski definition) is 1. The Hall–Kier alpha value is -2.32. The molecule has 1 aromatic carbocycles. The van der Waals surface area contributed by atoms with Crippen molar-refractivity contribution in [1.82, 2.24) is 4.90 Å². The number of nitrogens with zero attached hydrogens (tertiary/aromatic N) is 1. The minimum Gasteiger partial charge on any atom is -0.497 e. The van der Waals surface area contributed by atoms with Crippen LogP contribution in [0.3, 0.4) is 0 Å². The van der Waals surface area contributed by atoms with Crippen molar-refractivity contribution in [2.24, 2.45) is 23.7 Å². The third-order valence-electron chi connectivity index (χ3n) is 6.10. The maximum atomic E-state index is 12.7. The first-order chi connectivity index (χ1) is 14.3. The van der Waals surface area contributed by atoms with Crippen LogP contribution in [0.1, 0.15) is 6.42 Å². The summed E-state index contributed by atoms with van der Waals surface area (Å²) in [5.41, 5.74) is 0.510. The predicted molar refractivity (Wildman–Crippen MR) is 107 cm³/mol. The average molecular weight is 455 g/mol. The molecule has 3 aliphatic rings. The van der Waals surface area contributed by atoms with Crippen molar-refractivity contribution in [3.8, 4) is 5.75 Å². The van der Waals surface area contributed by atoms with E-state index in [1.165, 1.54) is 7.11 Å². The van der Waals surface area contributed by atoms with Crippen LogP contribution in [0.5, 0.6) is 5.75 Å². The normalized spacial score (nSPS) is 31.6. The number of esters is 1. The Morgan fingerprint density at radius 3 is 2.17 bits per heavy atom. The fraction of sp³-hybridized carbons (Fsp3) is 0.500. The molecule has 1 heterocycles. The average Bonchev–Trinajstić information content (AvgIpc) is 3.34. The molecule has 4 rings (SSSR count). The largest absolute Gasteiger partial charge is 0.497 e. The number of nitrogens with one attached hydrogen (secondary N) is 1. The second-order valence-corrected chi connectivity index (χ2v) is 8.71. The van der Waals surface area contributed by atoms with Gasteiger partial charge < -0.3 is 14.8 Å². The van der Waals surface area contributed by atoms with Crippen molar-refractivity contribution < 1.29 is 28.7 Å². The van der Waals surface area contributed by atoms with E-state index in [4.69, 9.17) is 32.7 Å². The molecule has 1 aliphatic heterocycles. The highest BCUT2D eigenvalue weighted by Gasteiger charge is 2.66. The lowest BCUT2D eigenvalue weighted by Crippen LogP contribution is -2.38. The van der Waals surface area contributed by atoms with Gasteiger partial charge in [-0.2, -0.15) is 0 Å². The number of halogens is 2. The zero-order valence-corrected chi connectivity index (χ0v) is 17.6. The number of amides is 3. The van der Waals surface area contributed by atoms with Crippen molar-refractivity contribution in [1.29, 1.82) is 0 Å². The van der Waals surface area contributed by atoms with E-state index in [2.05, 4.69) is 5.32 Å². The third-order valence-corrected chi connectivity index (χ3v) is 7.42. The number of rotatable bonds is 6. The number of carbonyl (C=O) groups is 4. The van der Waals surface area contributed by atoms with Gasteiger partial charge >= 0.3 is 5.97 Å². The number of imide groups is 1. The fourth-order valence-corrected chi connectivity index (χ4v) is 5.65. The van der Waals surface area contributed by atoms with E-state index in [1.54, 1.807) is 24.3 Å². The number of carbonyl (C=O) groups excluding carboxylic acids is 4. The van der Waals surface area contributed by atoms with Gasteiger partial charge in [0.25, 0.3) is 5.91 Å². The van der Waals surface area contributed by atoms with Crippen molar-refractivity contribution >= 4 is 52.6 Å². The van der Waals surface area contributed by atoms with E-state index in [-0.39, 0.29) is 22.6 Å². The zero-order chi connectivity index (χ0) is 21.6. The first kappa shape index (κ1) is 20.9. The van der Waals surface area contributed by atoms with Crippen LogP contribution in [0.15, 0.2) is 24.3 Å². The topological polar surface area (TPSA) is 102 Å². The van der Waals surface area contributed by atoms with Crippen molar-refractivity contribution in [3.05, 3.63) is 24.3 Å². The van der Waals surface area contributed by atoms with E-state index in [1.807, 2.05) is 0 Å². The Bertz CT molecular complexity index is 860. The molecule has 2 bridgehead atoms. The summed E-state index contributed by atoms with van der Waals surface area (Å²) in [5.74, 6) is -2.92. The molecule has 1 N–H and O–H groups in total. The zero-order valence-electron chi connectivity index (χ0n) is 16.0. The van der Waals surface area contributed by atoms with Gasteiger partial charge in [-0.1, -0.05) is 0 Å². The van der Waals surface area contributed by atoms with Crippen molar-refractivity contribution in [3.63, 3.8) is 0 Å². The van der Waals surface area contributed by atoms with Gasteiger partial charge in [-0.05, 0) is 42.5 Å². The van der Waals surface area contributed by atoms with E-state index < -0.39 is 48.7 Å². The third kappa shape index (κ3) is 3.52. The van der Waals surface area contributed by atoms with Crippen LogP contribution in [0, 0.1) is 23.7 Å². The minimum atomic E-state index is -0.834. The molecule has 30 heavy (non-hydrogen) atoms. The van der Waals surface area contributed by atoms with Crippen LogP contribution in [-0.4, -0.2) is 59.6 Å². The van der Waals surface area contributed by atoms with Gasteiger partial charge in [0.2, 0.25) is 11.8 Å². The number of fused-ring (bicyclic) bond motifs is 5. The number of hydrogen-bond acceptors (Lipinski definition) is 6. The maximum Gasteiger partial charge on any atom is 0.326 e. The van der Waals surface area contributed by atoms with E-state index in [9.17, 15) is 19.2 Å². The number of alkyl halides is 2. The molecule has 1 aromatic rings. The van der Waals surface area contributed by atoms with E-state index >= 15 is 0 Å². The number of ether oxygens (including phenoxy) is 2. The summed E-state index contributed by atoms with van der Waals surface area (Å²) in [6.07, 6.45) is 0.652. The number of anilines is 1. The van der Waals surface area contributed by atoms with Gasteiger partial charge in [0.05, 0.1) is 29.7 Å². The van der Waals surface area contributed by atoms with E-state index in [0.29, 0.717) is 17.9 Å². The molecule has 8 nitrogen and oxygen atoms in total. The molecule has 10 heteroatoms. The van der Waals surface area contributed by atoms with E-state index in [0.717, 1.165) is 4.90 Å². The highest BCUT2D eigenvalue weighted by molar-refractivity contribution is 6.31.